The number of nitrogens with zero attached hydrogens (tertiary/aromatic N) is 4. The van der Waals surface area contributed by atoms with Gasteiger partial charge in [0.05, 0.1) is 17.2 Å². The van der Waals surface area contributed by atoms with Gasteiger partial charge in [0, 0.05) is 10.8 Å². The molecule has 4 nitrogen and oxygen atoms in total. The predicted molar refractivity (Wildman–Crippen MR) is 76.9 cm³/mol. The van der Waals surface area contributed by atoms with Crippen molar-refractivity contribution in [3.05, 3.63) is 60.9 Å². The van der Waals surface area contributed by atoms with Gasteiger partial charge in [-0.1, -0.05) is 36.4 Å². The van der Waals surface area contributed by atoms with E-state index in [1.54, 1.807) is 6.20 Å². The van der Waals surface area contributed by atoms with Crippen molar-refractivity contribution in [2.24, 2.45) is 0 Å². The molecular weight excluding hydrogens is 248 g/mol. The zero-order valence-electron chi connectivity index (χ0n) is 10.5. The third-order valence-corrected chi connectivity index (χ3v) is 3.19. The summed E-state index contributed by atoms with van der Waals surface area (Å²) in [5.41, 5.74) is 3.18. The zero-order chi connectivity index (χ0) is 13.4. The Bertz CT molecular complexity index is 913. The van der Waals surface area contributed by atoms with Crippen LogP contribution in [-0.4, -0.2) is 20.2 Å². The Morgan fingerprint density at radius 3 is 2.60 bits per heavy atom. The van der Waals surface area contributed by atoms with Crippen molar-refractivity contribution in [1.82, 2.24) is 20.2 Å². The Hall–Kier alpha value is -2.88. The molecule has 4 aromatic rings. The van der Waals surface area contributed by atoms with Gasteiger partial charge in [-0.05, 0) is 12.1 Å². The highest BCUT2D eigenvalue weighted by Crippen LogP contribution is 2.24. The molecule has 0 unspecified atom stereocenters. The van der Waals surface area contributed by atoms with Crippen molar-refractivity contribution in [2.45, 2.75) is 0 Å². The van der Waals surface area contributed by atoms with Gasteiger partial charge in [-0.15, -0.1) is 10.2 Å². The summed E-state index contributed by atoms with van der Waals surface area (Å²) in [7, 11) is 0. The van der Waals surface area contributed by atoms with E-state index in [2.05, 4.69) is 26.4 Å². The highest BCUT2D eigenvalue weighted by molar-refractivity contribution is 5.93. The molecule has 0 spiro atoms. The average molecular weight is 257 g/mol. The fraction of sp³-hybridized carbons (Fsp3) is 0. The quantitative estimate of drug-likeness (QED) is 0.526. The van der Waals surface area contributed by atoms with Crippen molar-refractivity contribution in [2.75, 3.05) is 0 Å². The van der Waals surface area contributed by atoms with Gasteiger partial charge in [-0.3, -0.25) is 4.98 Å². The van der Waals surface area contributed by atoms with Crippen molar-refractivity contribution < 1.29 is 0 Å². The van der Waals surface area contributed by atoms with Gasteiger partial charge in [-0.2, -0.15) is 0 Å². The van der Waals surface area contributed by atoms with Crippen molar-refractivity contribution in [3.63, 3.8) is 0 Å². The predicted octanol–water partition coefficient (Wildman–Crippen LogP) is 3.04. The summed E-state index contributed by atoms with van der Waals surface area (Å²) in [5.74, 6) is 0. The highest BCUT2D eigenvalue weighted by atomic mass is 15.1. The second-order valence-corrected chi connectivity index (χ2v) is 4.45. The lowest BCUT2D eigenvalue weighted by Crippen LogP contribution is -1.94. The minimum Gasteiger partial charge on any atom is -0.252 e. The lowest BCUT2D eigenvalue weighted by Gasteiger charge is -2.04. The molecule has 0 atom stereocenters. The highest BCUT2D eigenvalue weighted by Gasteiger charge is 2.08. The van der Waals surface area contributed by atoms with Crippen molar-refractivity contribution in [3.8, 4) is 11.4 Å². The van der Waals surface area contributed by atoms with Crippen LogP contribution in [0.2, 0.25) is 0 Å². The first-order valence-corrected chi connectivity index (χ1v) is 6.27. The first-order chi connectivity index (χ1) is 9.92. The Morgan fingerprint density at radius 2 is 1.65 bits per heavy atom. The van der Waals surface area contributed by atoms with Crippen LogP contribution in [0.4, 0.5) is 0 Å². The van der Waals surface area contributed by atoms with Gasteiger partial charge in [0.15, 0.2) is 0 Å². The van der Waals surface area contributed by atoms with Crippen molar-refractivity contribution in [1.29, 1.82) is 0 Å². The summed E-state index contributed by atoms with van der Waals surface area (Å²) in [6.45, 7) is 0. The fourth-order valence-corrected chi connectivity index (χ4v) is 2.23. The molecule has 4 heteroatoms. The molecule has 0 aliphatic carbocycles. The van der Waals surface area contributed by atoms with Crippen LogP contribution in [0.1, 0.15) is 0 Å². The lowest BCUT2D eigenvalue weighted by atomic mass is 10.1. The maximum absolute atomic E-state index is 4.62. The van der Waals surface area contributed by atoms with E-state index >= 15 is 0 Å². The van der Waals surface area contributed by atoms with E-state index in [-0.39, 0.29) is 0 Å². The van der Waals surface area contributed by atoms with Crippen LogP contribution in [0, 0.1) is 6.20 Å². The van der Waals surface area contributed by atoms with Crippen LogP contribution in [0.15, 0.2) is 54.7 Å². The molecule has 2 aromatic carbocycles. The van der Waals surface area contributed by atoms with Gasteiger partial charge in [0.25, 0.3) is 0 Å². The molecule has 0 saturated carbocycles. The van der Waals surface area contributed by atoms with Crippen LogP contribution >= 0.6 is 0 Å². The first-order valence-electron chi connectivity index (χ1n) is 6.27. The maximum atomic E-state index is 4.62. The number of rotatable bonds is 1. The second kappa shape index (κ2) is 4.35. The van der Waals surface area contributed by atoms with E-state index in [1.165, 1.54) is 0 Å². The molecule has 0 amide bonds. The topological polar surface area (TPSA) is 51.6 Å². The van der Waals surface area contributed by atoms with E-state index < -0.39 is 0 Å². The number of hydrogen-bond donors (Lipinski definition) is 0. The van der Waals surface area contributed by atoms with Gasteiger partial charge in [0.2, 0.25) is 0 Å². The van der Waals surface area contributed by atoms with E-state index in [0.717, 1.165) is 33.2 Å². The number of hydrogen-bond acceptors (Lipinski definition) is 4. The van der Waals surface area contributed by atoms with Crippen LogP contribution in [0.3, 0.4) is 0 Å². The number of benzene rings is 2. The fourth-order valence-electron chi connectivity index (χ4n) is 2.23. The summed E-state index contributed by atoms with van der Waals surface area (Å²) in [4.78, 5) is 9.04. The molecule has 0 aliphatic rings. The molecular formula is C16H9N4. The van der Waals surface area contributed by atoms with E-state index in [1.807, 2.05) is 48.5 Å². The third kappa shape index (κ3) is 1.70. The molecule has 20 heavy (non-hydrogen) atoms. The van der Waals surface area contributed by atoms with Crippen LogP contribution in [-0.2, 0) is 0 Å². The molecule has 0 N–H and O–H groups in total. The van der Waals surface area contributed by atoms with Crippen LogP contribution in [0.25, 0.3) is 33.2 Å². The molecule has 0 fully saturated rings. The Labute approximate surface area is 115 Å². The maximum Gasteiger partial charge on any atom is 0.122 e. The van der Waals surface area contributed by atoms with Gasteiger partial charge < -0.3 is 0 Å². The third-order valence-electron chi connectivity index (χ3n) is 3.19. The van der Waals surface area contributed by atoms with Crippen molar-refractivity contribution >= 4 is 21.8 Å². The molecule has 0 saturated heterocycles. The molecule has 0 bridgehead atoms. The summed E-state index contributed by atoms with van der Waals surface area (Å²) in [6, 6.07) is 15.7. The second-order valence-electron chi connectivity index (χ2n) is 4.45. The minimum absolute atomic E-state index is 0.724. The number of aromatic nitrogens is 4. The lowest BCUT2D eigenvalue weighted by molar-refractivity contribution is 1.04. The van der Waals surface area contributed by atoms with Gasteiger partial charge >= 0.3 is 0 Å². The average Bonchev–Trinajstić information content (AvgIpc) is 2.54. The van der Waals surface area contributed by atoms with Crippen LogP contribution in [0.5, 0.6) is 0 Å². The smallest absolute Gasteiger partial charge is 0.122 e. The number of fused-ring (bicyclic) bond motifs is 2. The Kier molecular flexibility index (Phi) is 2.39. The molecule has 2 heterocycles. The molecule has 2 aromatic heterocycles. The standard InChI is InChI=1S/C16H9N4/c1-2-6-12-11(5-1)9-18-20-16(12)15-10-17-13-7-3-4-8-14(13)19-15/h1-8,10H. The summed E-state index contributed by atoms with van der Waals surface area (Å²) in [5, 5.41) is 10.0. The minimum atomic E-state index is 0.724. The Balaban J connectivity index is 2.01. The van der Waals surface area contributed by atoms with E-state index in [0.29, 0.717) is 0 Å². The molecule has 93 valence electrons. The molecule has 1 radical (unpaired) electrons. The Morgan fingerprint density at radius 1 is 0.850 bits per heavy atom. The zero-order valence-corrected chi connectivity index (χ0v) is 10.5. The normalized spacial score (nSPS) is 11.0. The van der Waals surface area contributed by atoms with Crippen LogP contribution < -0.4 is 0 Å². The summed E-state index contributed by atoms with van der Waals surface area (Å²) in [6.07, 6.45) is 4.62. The number of para-hydroxylation sites is 2. The largest absolute Gasteiger partial charge is 0.252 e. The first kappa shape index (κ1) is 11.0. The van der Waals surface area contributed by atoms with E-state index in [4.69, 9.17) is 0 Å². The summed E-state index contributed by atoms with van der Waals surface area (Å²) < 4.78 is 0. The summed E-state index contributed by atoms with van der Waals surface area (Å²) >= 11 is 0. The van der Waals surface area contributed by atoms with Gasteiger partial charge in [-0.25, -0.2) is 4.98 Å². The monoisotopic (exact) mass is 257 g/mol. The van der Waals surface area contributed by atoms with Gasteiger partial charge in [0.1, 0.15) is 17.6 Å². The SMILES string of the molecule is [c]1nnc(-c2cnc3ccccc3n2)c2ccccc12. The molecule has 0 aliphatic heterocycles. The molecule has 4 rings (SSSR count). The van der Waals surface area contributed by atoms with E-state index in [9.17, 15) is 0 Å².